The van der Waals surface area contributed by atoms with Gasteiger partial charge >= 0.3 is 0 Å². The van der Waals surface area contributed by atoms with E-state index < -0.39 is 5.54 Å². The van der Waals surface area contributed by atoms with Crippen LogP contribution in [0.1, 0.15) is 45.4 Å². The average molecular weight is 166 g/mol. The third-order valence-corrected chi connectivity index (χ3v) is 2.84. The van der Waals surface area contributed by atoms with Gasteiger partial charge in [-0.25, -0.2) is 0 Å². The lowest BCUT2D eigenvalue weighted by Crippen LogP contribution is -2.34. The van der Waals surface area contributed by atoms with Crippen molar-refractivity contribution in [2.75, 3.05) is 0 Å². The van der Waals surface area contributed by atoms with Gasteiger partial charge in [0.25, 0.3) is 0 Å². The van der Waals surface area contributed by atoms with Crippen molar-refractivity contribution in [3.63, 3.8) is 0 Å². The molecule has 2 nitrogen and oxygen atoms in total. The van der Waals surface area contributed by atoms with Crippen LogP contribution in [-0.4, -0.2) is 5.54 Å². The minimum atomic E-state index is -0.488. The summed E-state index contributed by atoms with van der Waals surface area (Å²) >= 11 is 0. The van der Waals surface area contributed by atoms with Gasteiger partial charge in [0, 0.05) is 0 Å². The Morgan fingerprint density at radius 1 is 1.67 bits per heavy atom. The number of rotatable bonds is 3. The van der Waals surface area contributed by atoms with Crippen LogP contribution in [0.25, 0.3) is 0 Å². The normalized spacial score (nSPS) is 34.9. The Kier molecular flexibility index (Phi) is 3.11. The van der Waals surface area contributed by atoms with E-state index in [-0.39, 0.29) is 0 Å². The molecule has 2 atom stereocenters. The van der Waals surface area contributed by atoms with Crippen LogP contribution in [0.5, 0.6) is 0 Å². The molecule has 0 spiro atoms. The lowest BCUT2D eigenvalue weighted by atomic mass is 9.96. The predicted molar refractivity (Wildman–Crippen MR) is 49.4 cm³/mol. The second kappa shape index (κ2) is 3.91. The molecule has 1 saturated carbocycles. The van der Waals surface area contributed by atoms with Crippen molar-refractivity contribution in [2.24, 2.45) is 11.7 Å². The van der Waals surface area contributed by atoms with Gasteiger partial charge in [-0.15, -0.1) is 0 Å². The van der Waals surface area contributed by atoms with Crippen LogP contribution in [0, 0.1) is 17.2 Å². The highest BCUT2D eigenvalue weighted by Gasteiger charge is 2.35. The van der Waals surface area contributed by atoms with E-state index in [0.717, 1.165) is 25.2 Å². The SMILES string of the molecule is CCCCC1CCC(N)(C#N)C1. The molecule has 12 heavy (non-hydrogen) atoms. The maximum atomic E-state index is 8.79. The zero-order valence-corrected chi connectivity index (χ0v) is 7.84. The van der Waals surface area contributed by atoms with Crippen LogP contribution in [0.15, 0.2) is 0 Å². The van der Waals surface area contributed by atoms with E-state index in [0.29, 0.717) is 0 Å². The summed E-state index contributed by atoms with van der Waals surface area (Å²) in [4.78, 5) is 0. The summed E-state index contributed by atoms with van der Waals surface area (Å²) in [7, 11) is 0. The van der Waals surface area contributed by atoms with Crippen molar-refractivity contribution in [3.05, 3.63) is 0 Å². The quantitative estimate of drug-likeness (QED) is 0.698. The summed E-state index contributed by atoms with van der Waals surface area (Å²) in [5.74, 6) is 0.717. The second-order valence-corrected chi connectivity index (χ2v) is 4.02. The molecule has 0 heterocycles. The third kappa shape index (κ3) is 2.22. The van der Waals surface area contributed by atoms with Crippen molar-refractivity contribution in [3.8, 4) is 6.07 Å². The van der Waals surface area contributed by atoms with Crippen molar-refractivity contribution >= 4 is 0 Å². The maximum absolute atomic E-state index is 8.79. The Morgan fingerprint density at radius 2 is 2.42 bits per heavy atom. The molecule has 0 amide bonds. The van der Waals surface area contributed by atoms with Gasteiger partial charge in [0.2, 0.25) is 0 Å². The van der Waals surface area contributed by atoms with Crippen LogP contribution < -0.4 is 5.73 Å². The van der Waals surface area contributed by atoms with Gasteiger partial charge in [-0.1, -0.05) is 26.2 Å². The molecule has 2 N–H and O–H groups in total. The zero-order chi connectivity index (χ0) is 9.03. The molecule has 0 aromatic carbocycles. The summed E-state index contributed by atoms with van der Waals surface area (Å²) in [6.07, 6.45) is 6.77. The summed E-state index contributed by atoms with van der Waals surface area (Å²) in [5.41, 5.74) is 5.37. The fourth-order valence-corrected chi connectivity index (χ4v) is 2.02. The van der Waals surface area contributed by atoms with E-state index in [1.165, 1.54) is 19.3 Å². The Bertz CT molecular complexity index is 183. The molecule has 0 aliphatic heterocycles. The van der Waals surface area contributed by atoms with E-state index >= 15 is 0 Å². The zero-order valence-electron chi connectivity index (χ0n) is 7.84. The van der Waals surface area contributed by atoms with Crippen molar-refractivity contribution in [1.29, 1.82) is 5.26 Å². The van der Waals surface area contributed by atoms with Gasteiger partial charge in [-0.3, -0.25) is 0 Å². The first-order valence-electron chi connectivity index (χ1n) is 4.90. The molecule has 68 valence electrons. The minimum Gasteiger partial charge on any atom is -0.313 e. The van der Waals surface area contributed by atoms with E-state index in [9.17, 15) is 0 Å². The van der Waals surface area contributed by atoms with Crippen molar-refractivity contribution in [2.45, 2.75) is 51.0 Å². The monoisotopic (exact) mass is 166 g/mol. The smallest absolute Gasteiger partial charge is 0.104 e. The number of hydrogen-bond donors (Lipinski definition) is 1. The van der Waals surface area contributed by atoms with Crippen LogP contribution in [-0.2, 0) is 0 Å². The topological polar surface area (TPSA) is 49.8 Å². The Morgan fingerprint density at radius 3 is 2.92 bits per heavy atom. The molecule has 0 bridgehead atoms. The van der Waals surface area contributed by atoms with Gasteiger partial charge in [0.1, 0.15) is 5.54 Å². The molecule has 1 aliphatic carbocycles. The molecule has 0 aromatic heterocycles. The van der Waals surface area contributed by atoms with Crippen molar-refractivity contribution < 1.29 is 0 Å². The largest absolute Gasteiger partial charge is 0.313 e. The molecule has 2 unspecified atom stereocenters. The van der Waals surface area contributed by atoms with Gasteiger partial charge in [-0.05, 0) is 25.2 Å². The van der Waals surface area contributed by atoms with E-state index in [2.05, 4.69) is 13.0 Å². The molecular formula is C10H18N2. The van der Waals surface area contributed by atoms with E-state index in [4.69, 9.17) is 11.0 Å². The predicted octanol–water partition coefficient (Wildman–Crippen LogP) is 2.20. The van der Waals surface area contributed by atoms with E-state index in [1.807, 2.05) is 0 Å². The molecule has 1 fully saturated rings. The summed E-state index contributed by atoms with van der Waals surface area (Å²) in [6, 6.07) is 2.22. The lowest BCUT2D eigenvalue weighted by molar-refractivity contribution is 0.453. The number of unbranched alkanes of at least 4 members (excludes halogenated alkanes) is 1. The Hall–Kier alpha value is -0.550. The summed E-state index contributed by atoms with van der Waals surface area (Å²) in [6.45, 7) is 2.20. The number of nitrogens with two attached hydrogens (primary N) is 1. The number of nitrogens with zero attached hydrogens (tertiary/aromatic N) is 1. The van der Waals surface area contributed by atoms with Gasteiger partial charge < -0.3 is 5.73 Å². The van der Waals surface area contributed by atoms with Gasteiger partial charge in [0.15, 0.2) is 0 Å². The Labute approximate surface area is 74.8 Å². The lowest BCUT2D eigenvalue weighted by Gasteiger charge is -2.13. The van der Waals surface area contributed by atoms with Crippen LogP contribution in [0.2, 0.25) is 0 Å². The molecule has 0 aromatic rings. The highest BCUT2D eigenvalue weighted by Crippen LogP contribution is 2.35. The number of hydrogen-bond acceptors (Lipinski definition) is 2. The first kappa shape index (κ1) is 9.54. The first-order valence-corrected chi connectivity index (χ1v) is 4.90. The molecule has 0 radical (unpaired) electrons. The second-order valence-electron chi connectivity index (χ2n) is 4.02. The molecule has 1 rings (SSSR count). The fraction of sp³-hybridized carbons (Fsp3) is 0.900. The molecule has 1 aliphatic rings. The highest BCUT2D eigenvalue weighted by atomic mass is 14.8. The molecule has 0 saturated heterocycles. The maximum Gasteiger partial charge on any atom is 0.104 e. The third-order valence-electron chi connectivity index (χ3n) is 2.84. The van der Waals surface area contributed by atoms with Crippen LogP contribution in [0.4, 0.5) is 0 Å². The van der Waals surface area contributed by atoms with Crippen LogP contribution in [0.3, 0.4) is 0 Å². The summed E-state index contributed by atoms with van der Waals surface area (Å²) in [5, 5.41) is 8.79. The Balaban J connectivity index is 2.31. The molecule has 2 heteroatoms. The fourth-order valence-electron chi connectivity index (χ4n) is 2.02. The van der Waals surface area contributed by atoms with Gasteiger partial charge in [0.05, 0.1) is 6.07 Å². The standard InChI is InChI=1S/C10H18N2/c1-2-3-4-9-5-6-10(12,7-9)8-11/h9H,2-7,12H2,1H3. The number of nitriles is 1. The minimum absolute atomic E-state index is 0.488. The molecular weight excluding hydrogens is 148 g/mol. The summed E-state index contributed by atoms with van der Waals surface area (Å²) < 4.78 is 0. The van der Waals surface area contributed by atoms with Crippen molar-refractivity contribution in [1.82, 2.24) is 0 Å². The van der Waals surface area contributed by atoms with E-state index in [1.54, 1.807) is 0 Å². The van der Waals surface area contributed by atoms with Gasteiger partial charge in [-0.2, -0.15) is 5.26 Å². The first-order chi connectivity index (χ1) is 5.70. The average Bonchev–Trinajstić information content (AvgIpc) is 2.45. The highest BCUT2D eigenvalue weighted by molar-refractivity contribution is 5.09. The van der Waals surface area contributed by atoms with Crippen LogP contribution >= 0.6 is 0 Å².